The quantitative estimate of drug-likeness (QED) is 0.222. The number of carbonyl (C=O) groups excluding carboxylic acids is 3. The predicted octanol–water partition coefficient (Wildman–Crippen LogP) is 4.31. The third-order valence-corrected chi connectivity index (χ3v) is 9.93. The molecule has 3 amide bonds. The van der Waals surface area contributed by atoms with Crippen LogP contribution in [0.1, 0.15) is 70.5 Å². The Hall–Kier alpha value is -3.91. The van der Waals surface area contributed by atoms with Crippen molar-refractivity contribution in [1.29, 1.82) is 0 Å². The van der Waals surface area contributed by atoms with E-state index in [0.717, 1.165) is 16.1 Å². The number of likely N-dealkylation sites (N-methyl/N-ethyl adjacent to an activating group) is 1. The van der Waals surface area contributed by atoms with Crippen molar-refractivity contribution in [3.05, 3.63) is 76.4 Å². The van der Waals surface area contributed by atoms with Crippen LogP contribution in [0.15, 0.2) is 60.2 Å². The number of hydrogen-bond donors (Lipinski definition) is 3. The number of nitrogens with one attached hydrogen (secondary N) is 2. The number of pyridine rings is 1. The molecule has 3 N–H and O–H groups in total. The Morgan fingerprint density at radius 3 is 2.37 bits per heavy atom. The molecule has 0 aliphatic carbocycles. The predicted molar refractivity (Wildman–Crippen MR) is 199 cm³/mol. The van der Waals surface area contributed by atoms with Gasteiger partial charge in [-0.2, -0.15) is 0 Å². The van der Waals surface area contributed by atoms with E-state index in [9.17, 15) is 19.5 Å². The van der Waals surface area contributed by atoms with Crippen molar-refractivity contribution in [1.82, 2.24) is 35.3 Å². The van der Waals surface area contributed by atoms with Crippen molar-refractivity contribution in [2.24, 2.45) is 5.92 Å². The highest BCUT2D eigenvalue weighted by Crippen LogP contribution is 2.24. The van der Waals surface area contributed by atoms with E-state index < -0.39 is 41.8 Å². The Bertz CT molecular complexity index is 1560. The fourth-order valence-corrected chi connectivity index (χ4v) is 7.00. The van der Waals surface area contributed by atoms with Gasteiger partial charge in [0.1, 0.15) is 12.1 Å². The molecule has 1 fully saturated rings. The highest BCUT2D eigenvalue weighted by Gasteiger charge is 2.38. The third-order valence-electron chi connectivity index (χ3n) is 8.81. The number of thiazole rings is 1. The summed E-state index contributed by atoms with van der Waals surface area (Å²) in [5.41, 5.74) is 1.56. The summed E-state index contributed by atoms with van der Waals surface area (Å²) in [7, 11) is 1.54. The number of amides is 3. The Balaban J connectivity index is 1.52. The van der Waals surface area contributed by atoms with E-state index in [1.165, 1.54) is 23.3 Å². The first-order valence-electron chi connectivity index (χ1n) is 17.7. The summed E-state index contributed by atoms with van der Waals surface area (Å²) < 4.78 is 5.56. The number of hydrogen-bond acceptors (Lipinski definition) is 10. The minimum Gasteiger partial charge on any atom is -0.390 e. The van der Waals surface area contributed by atoms with Gasteiger partial charge in [0.05, 0.1) is 22.5 Å². The van der Waals surface area contributed by atoms with Crippen LogP contribution < -0.4 is 15.4 Å². The maximum Gasteiger partial charge on any atom is 0.417 e. The van der Waals surface area contributed by atoms with Crippen molar-refractivity contribution in [2.45, 2.75) is 97.1 Å². The number of carbonyl (C=O) groups is 3. The third kappa shape index (κ3) is 11.8. The standard InChI is InChI=1S/C38H55N7O5S/c1-25(2)33(43(8)37(49)50-32-24-51-36(41-32)26(3)4)35(48)40-29(19-27-13-10-9-11-14-27)31(46)23-45-18-17-44(21-28-15-12-16-39-20-28)22-30(45)34(47)42-38(5,6)7/h9-16,20,24-26,29-31,33,46H,17-19,21-23H2,1-8H3,(H,40,48)(H,42,47)/t29-,30-,31+,33-/m0/s1. The van der Waals surface area contributed by atoms with Gasteiger partial charge >= 0.3 is 6.09 Å². The molecule has 0 unspecified atom stereocenters. The number of benzene rings is 1. The minimum absolute atomic E-state index is 0.116. The van der Waals surface area contributed by atoms with Gasteiger partial charge in [0.15, 0.2) is 0 Å². The van der Waals surface area contributed by atoms with E-state index in [2.05, 4.69) is 25.5 Å². The lowest BCUT2D eigenvalue weighted by molar-refractivity contribution is -0.132. The Kier molecular flexibility index (Phi) is 14.1. The fraction of sp³-hybridized carbons (Fsp3) is 0.553. The number of aliphatic hydroxyl groups is 1. The maximum atomic E-state index is 14.0. The second-order valence-electron chi connectivity index (χ2n) is 15.1. The summed E-state index contributed by atoms with van der Waals surface area (Å²) in [6, 6.07) is 11.5. The zero-order valence-electron chi connectivity index (χ0n) is 31.2. The van der Waals surface area contributed by atoms with Crippen LogP contribution in [0.25, 0.3) is 0 Å². The van der Waals surface area contributed by atoms with Gasteiger partial charge in [-0.25, -0.2) is 9.78 Å². The SMILES string of the molecule is CC(C)c1nc(OC(=O)N(C)[C@H](C(=O)N[C@@H](Cc2ccccc2)[C@H](O)CN2CCN(Cc3cccnc3)C[C@H]2C(=O)NC(C)(C)C)C(C)C)cs1. The largest absolute Gasteiger partial charge is 0.417 e. The smallest absolute Gasteiger partial charge is 0.390 e. The molecule has 51 heavy (non-hydrogen) atoms. The van der Waals surface area contributed by atoms with Crippen LogP contribution in [0.3, 0.4) is 0 Å². The lowest BCUT2D eigenvalue weighted by Gasteiger charge is -2.43. The van der Waals surface area contributed by atoms with E-state index in [4.69, 9.17) is 4.74 Å². The highest BCUT2D eigenvalue weighted by atomic mass is 32.1. The molecule has 278 valence electrons. The summed E-state index contributed by atoms with van der Waals surface area (Å²) in [6.45, 7) is 16.1. The van der Waals surface area contributed by atoms with Crippen LogP contribution >= 0.6 is 11.3 Å². The van der Waals surface area contributed by atoms with E-state index in [-0.39, 0.29) is 30.2 Å². The van der Waals surface area contributed by atoms with Crippen LogP contribution in [-0.4, -0.2) is 111 Å². The van der Waals surface area contributed by atoms with Gasteiger partial charge in [0.2, 0.25) is 17.7 Å². The van der Waals surface area contributed by atoms with E-state index >= 15 is 0 Å². The molecule has 0 radical (unpaired) electrons. The number of rotatable bonds is 14. The summed E-state index contributed by atoms with van der Waals surface area (Å²) in [6.07, 6.45) is 2.20. The van der Waals surface area contributed by atoms with E-state index in [0.29, 0.717) is 32.6 Å². The average Bonchev–Trinajstić information content (AvgIpc) is 3.54. The second-order valence-corrected chi connectivity index (χ2v) is 16.0. The minimum atomic E-state index is -1.03. The van der Waals surface area contributed by atoms with Crippen LogP contribution in [0.5, 0.6) is 5.88 Å². The lowest BCUT2D eigenvalue weighted by Crippen LogP contribution is -2.63. The summed E-state index contributed by atoms with van der Waals surface area (Å²) in [5, 5.41) is 20.6. The number of aromatic nitrogens is 2. The maximum absolute atomic E-state index is 14.0. The Morgan fingerprint density at radius 1 is 1.06 bits per heavy atom. The number of ether oxygens (including phenoxy) is 1. The number of aliphatic hydroxyl groups excluding tert-OH is 1. The normalized spacial score (nSPS) is 17.5. The summed E-state index contributed by atoms with van der Waals surface area (Å²) >= 11 is 1.42. The van der Waals surface area contributed by atoms with E-state index in [1.807, 2.05) is 102 Å². The molecule has 0 bridgehead atoms. The number of β-amino-alcohol motifs (C(OH)–C–C–N with tert-alkyl or cyclic N) is 1. The van der Waals surface area contributed by atoms with Gasteiger partial charge in [0, 0.05) is 63.6 Å². The number of nitrogens with zero attached hydrogens (tertiary/aromatic N) is 5. The molecule has 0 spiro atoms. The van der Waals surface area contributed by atoms with Gasteiger partial charge in [-0.15, -0.1) is 11.3 Å². The molecular formula is C38H55N7O5S. The lowest BCUT2D eigenvalue weighted by atomic mass is 9.97. The zero-order valence-corrected chi connectivity index (χ0v) is 32.0. The molecule has 0 saturated carbocycles. The monoisotopic (exact) mass is 721 g/mol. The first-order valence-corrected chi connectivity index (χ1v) is 18.6. The molecule has 12 nitrogen and oxygen atoms in total. The topological polar surface area (TPSA) is 140 Å². The van der Waals surface area contributed by atoms with Crippen molar-refractivity contribution in [2.75, 3.05) is 33.2 Å². The first kappa shape index (κ1) is 39.9. The molecule has 1 aliphatic heterocycles. The van der Waals surface area contributed by atoms with Crippen LogP contribution in [0.4, 0.5) is 4.79 Å². The van der Waals surface area contributed by atoms with Crippen LogP contribution in [0.2, 0.25) is 0 Å². The van der Waals surface area contributed by atoms with Gasteiger partial charge < -0.3 is 20.5 Å². The van der Waals surface area contributed by atoms with Crippen LogP contribution in [-0.2, 0) is 22.6 Å². The molecule has 13 heteroatoms. The fourth-order valence-electron chi connectivity index (χ4n) is 6.26. The van der Waals surface area contributed by atoms with E-state index in [1.54, 1.807) is 11.6 Å². The van der Waals surface area contributed by atoms with Crippen LogP contribution in [0, 0.1) is 5.92 Å². The van der Waals surface area contributed by atoms with Gasteiger partial charge in [-0.1, -0.05) is 64.1 Å². The van der Waals surface area contributed by atoms with Crippen molar-refractivity contribution in [3.63, 3.8) is 0 Å². The summed E-state index contributed by atoms with van der Waals surface area (Å²) in [4.78, 5) is 55.2. The molecular weight excluding hydrogens is 667 g/mol. The molecule has 3 aromatic rings. The van der Waals surface area contributed by atoms with Gasteiger partial charge in [-0.05, 0) is 50.3 Å². The van der Waals surface area contributed by atoms with Gasteiger partial charge in [-0.3, -0.25) is 29.3 Å². The van der Waals surface area contributed by atoms with Gasteiger partial charge in [0.25, 0.3) is 0 Å². The molecule has 3 heterocycles. The molecule has 1 aromatic carbocycles. The molecule has 2 aromatic heterocycles. The van der Waals surface area contributed by atoms with Crippen molar-refractivity contribution < 1.29 is 24.2 Å². The molecule has 1 aliphatic rings. The Labute approximate surface area is 306 Å². The molecule has 4 atom stereocenters. The first-order chi connectivity index (χ1) is 24.1. The Morgan fingerprint density at radius 2 is 1.76 bits per heavy atom. The molecule has 1 saturated heterocycles. The average molecular weight is 722 g/mol. The van der Waals surface area contributed by atoms with Crippen molar-refractivity contribution >= 4 is 29.2 Å². The number of piperazine rings is 1. The summed E-state index contributed by atoms with van der Waals surface area (Å²) in [5.74, 6) is -0.395. The second kappa shape index (κ2) is 18.0. The highest BCUT2D eigenvalue weighted by molar-refractivity contribution is 7.09. The van der Waals surface area contributed by atoms with Crippen molar-refractivity contribution in [3.8, 4) is 5.88 Å². The zero-order chi connectivity index (χ0) is 37.3. The molecule has 4 rings (SSSR count).